The van der Waals surface area contributed by atoms with Gasteiger partial charge in [-0.25, -0.2) is 0 Å². The van der Waals surface area contributed by atoms with E-state index in [-0.39, 0.29) is 0 Å². The fourth-order valence-corrected chi connectivity index (χ4v) is 3.71. The number of rotatable bonds is 0. The van der Waals surface area contributed by atoms with E-state index in [9.17, 15) is 0 Å². The highest BCUT2D eigenvalue weighted by molar-refractivity contribution is 14.1. The first kappa shape index (κ1) is 10.5. The van der Waals surface area contributed by atoms with E-state index in [0.717, 1.165) is 7.85 Å². The topological polar surface area (TPSA) is 12.0 Å². The summed E-state index contributed by atoms with van der Waals surface area (Å²) in [5.74, 6) is 0. The maximum Gasteiger partial charge on any atom is 0.0398 e. The molecule has 0 saturated carbocycles. The van der Waals surface area contributed by atoms with Crippen LogP contribution in [0.4, 0.5) is 0 Å². The lowest BCUT2D eigenvalue weighted by Gasteiger charge is -2.30. The monoisotopic (exact) mass is 379 g/mol. The van der Waals surface area contributed by atoms with Gasteiger partial charge in [-0.15, -0.1) is 0 Å². The second-order valence-electron chi connectivity index (χ2n) is 4.21. The summed E-state index contributed by atoms with van der Waals surface area (Å²) >= 11 is 5.12. The van der Waals surface area contributed by atoms with Gasteiger partial charge < -0.3 is 5.32 Å². The third-order valence-electron chi connectivity index (χ3n) is 2.13. The molecule has 66 valence electrons. The third-order valence-corrected chi connectivity index (χ3v) is 6.31. The maximum absolute atomic E-state index is 3.58. The highest BCUT2D eigenvalue weighted by atomic mass is 127. The quantitative estimate of drug-likeness (QED) is 0.504. The Balaban J connectivity index is 2.62. The zero-order valence-corrected chi connectivity index (χ0v) is 11.5. The molecule has 1 aliphatic rings. The van der Waals surface area contributed by atoms with Crippen LogP contribution >= 0.6 is 45.2 Å². The smallest absolute Gasteiger partial charge is 0.0398 e. The Morgan fingerprint density at radius 1 is 1.27 bits per heavy atom. The molecule has 11 heavy (non-hydrogen) atoms. The highest BCUT2D eigenvalue weighted by Crippen LogP contribution is 2.34. The molecule has 3 unspecified atom stereocenters. The number of alkyl halides is 2. The second-order valence-corrected chi connectivity index (χ2v) is 7.25. The van der Waals surface area contributed by atoms with Crippen molar-refractivity contribution < 1.29 is 0 Å². The molecule has 1 heterocycles. The molecule has 1 nitrogen and oxygen atoms in total. The maximum atomic E-state index is 3.58. The fourth-order valence-electron chi connectivity index (χ4n) is 1.46. The molecular formula is C8H15I2N. The van der Waals surface area contributed by atoms with Crippen molar-refractivity contribution in [3.8, 4) is 0 Å². The van der Waals surface area contributed by atoms with Gasteiger partial charge in [-0.05, 0) is 5.41 Å². The van der Waals surface area contributed by atoms with Gasteiger partial charge in [0.15, 0.2) is 0 Å². The largest absolute Gasteiger partial charge is 0.311 e. The predicted octanol–water partition coefficient (Wildman–Crippen LogP) is 2.61. The van der Waals surface area contributed by atoms with E-state index in [4.69, 9.17) is 0 Å². The predicted molar refractivity (Wildman–Crippen MR) is 66.9 cm³/mol. The van der Waals surface area contributed by atoms with Crippen molar-refractivity contribution in [2.24, 2.45) is 5.41 Å². The van der Waals surface area contributed by atoms with E-state index in [1.54, 1.807) is 0 Å². The van der Waals surface area contributed by atoms with E-state index < -0.39 is 0 Å². The summed E-state index contributed by atoms with van der Waals surface area (Å²) in [6.07, 6.45) is 0. The Kier molecular flexibility index (Phi) is 3.49. The van der Waals surface area contributed by atoms with Crippen molar-refractivity contribution in [2.45, 2.75) is 34.7 Å². The summed E-state index contributed by atoms with van der Waals surface area (Å²) in [4.78, 5) is 0. The summed E-state index contributed by atoms with van der Waals surface area (Å²) in [6.45, 7) is 8.11. The molecule has 0 spiro atoms. The van der Waals surface area contributed by atoms with Crippen molar-refractivity contribution in [1.82, 2.24) is 5.32 Å². The molecule has 0 amide bonds. The average Bonchev–Trinajstić information content (AvgIpc) is 2.11. The van der Waals surface area contributed by atoms with Crippen LogP contribution < -0.4 is 5.32 Å². The molecule has 0 radical (unpaired) electrons. The van der Waals surface area contributed by atoms with Crippen LogP contribution in [0.15, 0.2) is 0 Å². The van der Waals surface area contributed by atoms with Crippen LogP contribution in [-0.4, -0.2) is 20.4 Å². The molecular weight excluding hydrogens is 364 g/mol. The summed E-state index contributed by atoms with van der Waals surface area (Å²) in [5.41, 5.74) is 0.409. The van der Waals surface area contributed by atoms with Gasteiger partial charge >= 0.3 is 0 Å². The van der Waals surface area contributed by atoms with Crippen LogP contribution in [0, 0.1) is 5.41 Å². The Hall–Kier alpha value is 1.42. The summed E-state index contributed by atoms with van der Waals surface area (Å²) < 4.78 is 1.59. The number of hydrogen-bond donors (Lipinski definition) is 1. The Morgan fingerprint density at radius 3 is 2.00 bits per heavy atom. The number of halogens is 2. The van der Waals surface area contributed by atoms with Gasteiger partial charge in [0.05, 0.1) is 0 Å². The molecule has 0 aromatic heterocycles. The lowest BCUT2D eigenvalue weighted by molar-refractivity contribution is 0.304. The van der Waals surface area contributed by atoms with Gasteiger partial charge in [0.25, 0.3) is 0 Å². The van der Waals surface area contributed by atoms with Crippen molar-refractivity contribution in [3.63, 3.8) is 0 Å². The first-order valence-electron chi connectivity index (χ1n) is 3.94. The SMILES string of the molecule is CC(C)(C)C1NCC(I)C1I. The van der Waals surface area contributed by atoms with E-state index >= 15 is 0 Å². The van der Waals surface area contributed by atoms with Gasteiger partial charge in [0.1, 0.15) is 0 Å². The zero-order valence-electron chi connectivity index (χ0n) is 7.20. The standard InChI is InChI=1S/C8H15I2N/c1-8(2,3)7-6(10)5(9)4-11-7/h5-7,11H,4H2,1-3H3. The minimum absolute atomic E-state index is 0.409. The fraction of sp³-hybridized carbons (Fsp3) is 1.00. The normalized spacial score (nSPS) is 39.5. The minimum atomic E-state index is 0.409. The molecule has 1 rings (SSSR count). The van der Waals surface area contributed by atoms with Crippen LogP contribution in [0.5, 0.6) is 0 Å². The first-order valence-corrected chi connectivity index (χ1v) is 6.43. The zero-order chi connectivity index (χ0) is 8.65. The van der Waals surface area contributed by atoms with E-state index in [2.05, 4.69) is 71.3 Å². The van der Waals surface area contributed by atoms with Crippen LogP contribution in [0.25, 0.3) is 0 Å². The van der Waals surface area contributed by atoms with E-state index in [0.29, 0.717) is 11.5 Å². The van der Waals surface area contributed by atoms with Crippen molar-refractivity contribution in [1.29, 1.82) is 0 Å². The Labute approximate surface area is 96.4 Å². The van der Waals surface area contributed by atoms with Crippen LogP contribution in [-0.2, 0) is 0 Å². The Morgan fingerprint density at radius 2 is 1.82 bits per heavy atom. The molecule has 0 bridgehead atoms. The van der Waals surface area contributed by atoms with Crippen LogP contribution in [0.2, 0.25) is 0 Å². The molecule has 3 atom stereocenters. The molecule has 1 N–H and O–H groups in total. The molecule has 1 saturated heterocycles. The summed E-state index contributed by atoms with van der Waals surface area (Å²) in [5, 5.41) is 3.58. The first-order chi connectivity index (χ1) is 4.93. The van der Waals surface area contributed by atoms with Gasteiger partial charge in [-0.3, -0.25) is 0 Å². The number of hydrogen-bond acceptors (Lipinski definition) is 1. The van der Waals surface area contributed by atoms with Crippen LogP contribution in [0.3, 0.4) is 0 Å². The molecule has 0 aromatic carbocycles. The Bertz CT molecular complexity index is 142. The molecule has 3 heteroatoms. The molecule has 0 aliphatic carbocycles. The van der Waals surface area contributed by atoms with Gasteiger partial charge in [-0.1, -0.05) is 66.0 Å². The lowest BCUT2D eigenvalue weighted by atomic mass is 9.86. The minimum Gasteiger partial charge on any atom is -0.311 e. The highest BCUT2D eigenvalue weighted by Gasteiger charge is 2.38. The third kappa shape index (κ3) is 2.43. The number of nitrogens with one attached hydrogen (secondary N) is 1. The molecule has 1 aliphatic heterocycles. The van der Waals surface area contributed by atoms with Crippen molar-refractivity contribution in [3.05, 3.63) is 0 Å². The van der Waals surface area contributed by atoms with Crippen molar-refractivity contribution >= 4 is 45.2 Å². The van der Waals surface area contributed by atoms with Crippen molar-refractivity contribution in [2.75, 3.05) is 6.54 Å². The van der Waals surface area contributed by atoms with E-state index in [1.807, 2.05) is 0 Å². The van der Waals surface area contributed by atoms with Crippen LogP contribution in [0.1, 0.15) is 20.8 Å². The molecule has 0 aromatic rings. The van der Waals surface area contributed by atoms with E-state index in [1.165, 1.54) is 6.54 Å². The van der Waals surface area contributed by atoms with Gasteiger partial charge in [-0.2, -0.15) is 0 Å². The van der Waals surface area contributed by atoms with Gasteiger partial charge in [0, 0.05) is 20.4 Å². The molecule has 1 fully saturated rings. The average molecular weight is 379 g/mol. The summed E-state index contributed by atoms with van der Waals surface area (Å²) in [6, 6.07) is 0.685. The summed E-state index contributed by atoms with van der Waals surface area (Å²) in [7, 11) is 0. The second kappa shape index (κ2) is 3.65. The van der Waals surface area contributed by atoms with Gasteiger partial charge in [0.2, 0.25) is 0 Å². The lowest BCUT2D eigenvalue weighted by Crippen LogP contribution is -2.40.